The first-order valence-electron chi connectivity index (χ1n) is 8.65. The summed E-state index contributed by atoms with van der Waals surface area (Å²) >= 11 is 0. The zero-order valence-corrected chi connectivity index (χ0v) is 16.1. The average Bonchev–Trinajstić information content (AvgIpc) is 3.29. The van der Waals surface area contributed by atoms with Crippen LogP contribution in [0.1, 0.15) is 23.3 Å². The van der Waals surface area contributed by atoms with Gasteiger partial charge in [0.2, 0.25) is 0 Å². The molecule has 0 saturated carbocycles. The number of amides is 1. The second-order valence-corrected chi connectivity index (χ2v) is 8.01. The number of anilines is 1. The Kier molecular flexibility index (Phi) is 5.71. The van der Waals surface area contributed by atoms with E-state index in [1.54, 1.807) is 31.3 Å². The van der Waals surface area contributed by atoms with Crippen molar-refractivity contribution in [2.75, 3.05) is 25.0 Å². The summed E-state index contributed by atoms with van der Waals surface area (Å²) in [5.41, 5.74) is 0.636. The van der Waals surface area contributed by atoms with Crippen LogP contribution in [0.4, 0.5) is 5.69 Å². The van der Waals surface area contributed by atoms with Crippen molar-refractivity contribution in [3.05, 3.63) is 42.2 Å². The van der Waals surface area contributed by atoms with E-state index in [-0.39, 0.29) is 22.6 Å². The fraction of sp³-hybridized carbons (Fsp3) is 0.389. The molecule has 146 valence electrons. The Morgan fingerprint density at radius 3 is 2.89 bits per heavy atom. The fourth-order valence-corrected chi connectivity index (χ4v) is 3.98. The normalized spacial score (nSPS) is 16.9. The molecule has 2 N–H and O–H groups in total. The minimum Gasteiger partial charge on any atom is -0.491 e. The summed E-state index contributed by atoms with van der Waals surface area (Å²) in [5.74, 6) is 0.202. The Hall–Kier alpha value is -2.52. The number of nitrogens with zero attached hydrogens (tertiary/aromatic N) is 1. The number of carbonyl (C=O) groups excluding carboxylic acids is 1. The zero-order valence-electron chi connectivity index (χ0n) is 15.3. The van der Waals surface area contributed by atoms with Gasteiger partial charge in [-0.05, 0) is 31.0 Å². The van der Waals surface area contributed by atoms with Gasteiger partial charge in [0.05, 0.1) is 11.8 Å². The maximum atomic E-state index is 12.6. The number of aromatic nitrogens is 1. The van der Waals surface area contributed by atoms with E-state index in [1.807, 2.05) is 0 Å². The number of sulfonamides is 1. The van der Waals surface area contributed by atoms with Crippen LogP contribution < -0.4 is 14.8 Å². The molecule has 1 aromatic heterocycles. The third-order valence-electron chi connectivity index (χ3n) is 4.30. The number of hydrogen-bond donors (Lipinski definition) is 2. The number of nitrogens with one attached hydrogen (secondary N) is 2. The summed E-state index contributed by atoms with van der Waals surface area (Å²) in [6.45, 7) is 1.19. The van der Waals surface area contributed by atoms with Gasteiger partial charge in [-0.15, -0.1) is 0 Å². The van der Waals surface area contributed by atoms with Crippen molar-refractivity contribution in [2.45, 2.75) is 23.8 Å². The second kappa shape index (κ2) is 8.01. The molecule has 27 heavy (non-hydrogen) atoms. The quantitative estimate of drug-likeness (QED) is 0.747. The minimum atomic E-state index is -3.84. The molecule has 1 saturated heterocycles. The first kappa shape index (κ1) is 19.2. The van der Waals surface area contributed by atoms with Gasteiger partial charge in [0.1, 0.15) is 22.9 Å². The third-order valence-corrected chi connectivity index (χ3v) is 5.64. The first-order valence-corrected chi connectivity index (χ1v) is 10.1. The molecule has 9 heteroatoms. The highest BCUT2D eigenvalue weighted by atomic mass is 32.2. The van der Waals surface area contributed by atoms with Crippen LogP contribution in [-0.2, 0) is 21.8 Å². The molecule has 2 heterocycles. The summed E-state index contributed by atoms with van der Waals surface area (Å²) in [6.07, 6.45) is 3.47. The molecule has 1 fully saturated rings. The van der Waals surface area contributed by atoms with Crippen molar-refractivity contribution in [1.29, 1.82) is 0 Å². The van der Waals surface area contributed by atoms with Crippen molar-refractivity contribution in [2.24, 2.45) is 7.05 Å². The molecule has 1 aromatic carbocycles. The molecule has 3 rings (SSSR count). The van der Waals surface area contributed by atoms with E-state index < -0.39 is 10.0 Å². The Labute approximate surface area is 158 Å². The zero-order chi connectivity index (χ0) is 19.4. The highest BCUT2D eigenvalue weighted by Crippen LogP contribution is 2.23. The van der Waals surface area contributed by atoms with Crippen LogP contribution in [0.5, 0.6) is 5.75 Å². The Morgan fingerprint density at radius 1 is 1.37 bits per heavy atom. The first-order chi connectivity index (χ1) is 12.9. The summed E-state index contributed by atoms with van der Waals surface area (Å²) in [7, 11) is -0.731. The van der Waals surface area contributed by atoms with Gasteiger partial charge in [-0.1, -0.05) is 6.07 Å². The number of ether oxygens (including phenoxy) is 2. The molecule has 0 spiro atoms. The highest BCUT2D eigenvalue weighted by Gasteiger charge is 2.21. The van der Waals surface area contributed by atoms with E-state index in [0.717, 1.165) is 19.4 Å². The van der Waals surface area contributed by atoms with Crippen LogP contribution >= 0.6 is 0 Å². The molecule has 1 amide bonds. The Bertz CT molecular complexity index is 917. The van der Waals surface area contributed by atoms with E-state index in [0.29, 0.717) is 18.0 Å². The maximum Gasteiger partial charge on any atom is 0.267 e. The average molecular weight is 393 g/mol. The van der Waals surface area contributed by atoms with Crippen molar-refractivity contribution < 1.29 is 22.7 Å². The maximum absolute atomic E-state index is 12.6. The van der Waals surface area contributed by atoms with Crippen molar-refractivity contribution in [3.63, 3.8) is 0 Å². The molecular weight excluding hydrogens is 370 g/mol. The molecule has 0 radical (unpaired) electrons. The lowest BCUT2D eigenvalue weighted by Gasteiger charge is -2.13. The van der Waals surface area contributed by atoms with Crippen LogP contribution in [0.3, 0.4) is 0 Å². The van der Waals surface area contributed by atoms with Gasteiger partial charge < -0.3 is 19.4 Å². The molecule has 1 aliphatic heterocycles. The smallest absolute Gasteiger partial charge is 0.267 e. The number of rotatable bonds is 7. The molecule has 0 aliphatic carbocycles. The van der Waals surface area contributed by atoms with Gasteiger partial charge in [-0.2, -0.15) is 0 Å². The molecule has 0 bridgehead atoms. The number of carbonyl (C=O) groups is 1. The van der Waals surface area contributed by atoms with Crippen molar-refractivity contribution in [3.8, 4) is 5.75 Å². The number of benzene rings is 1. The monoisotopic (exact) mass is 393 g/mol. The Morgan fingerprint density at radius 2 is 2.19 bits per heavy atom. The predicted molar refractivity (Wildman–Crippen MR) is 101 cm³/mol. The van der Waals surface area contributed by atoms with Gasteiger partial charge in [0.15, 0.2) is 0 Å². The van der Waals surface area contributed by atoms with E-state index >= 15 is 0 Å². The van der Waals surface area contributed by atoms with Crippen LogP contribution in [0.2, 0.25) is 0 Å². The summed E-state index contributed by atoms with van der Waals surface area (Å²) < 4.78 is 40.5. The largest absolute Gasteiger partial charge is 0.491 e. The van der Waals surface area contributed by atoms with Gasteiger partial charge in [0, 0.05) is 33.0 Å². The van der Waals surface area contributed by atoms with Gasteiger partial charge >= 0.3 is 0 Å². The molecular formula is C18H23N3O5S. The van der Waals surface area contributed by atoms with E-state index in [2.05, 4.69) is 10.0 Å². The van der Waals surface area contributed by atoms with Crippen molar-refractivity contribution in [1.82, 2.24) is 9.88 Å². The lowest BCUT2D eigenvalue weighted by Crippen LogP contribution is -2.20. The molecule has 1 unspecified atom stereocenters. The van der Waals surface area contributed by atoms with Crippen LogP contribution in [0.25, 0.3) is 0 Å². The summed E-state index contributed by atoms with van der Waals surface area (Å²) in [5, 5.41) is 2.48. The minimum absolute atomic E-state index is 0.00859. The van der Waals surface area contributed by atoms with E-state index in [9.17, 15) is 13.2 Å². The molecule has 2 aromatic rings. The molecule has 1 atom stereocenters. The van der Waals surface area contributed by atoms with E-state index in [4.69, 9.17) is 9.47 Å². The predicted octanol–water partition coefficient (Wildman–Crippen LogP) is 1.74. The molecule has 1 aliphatic rings. The van der Waals surface area contributed by atoms with Crippen LogP contribution in [0, 0.1) is 0 Å². The highest BCUT2D eigenvalue weighted by molar-refractivity contribution is 7.92. The topological polar surface area (TPSA) is 98.7 Å². The van der Waals surface area contributed by atoms with Crippen LogP contribution in [0.15, 0.2) is 41.4 Å². The standard InChI is InChI=1S/C18H23N3O5S/c1-19-18(22)17-10-16(11-21(17)2)27(23,24)20-13-5-3-6-14(9-13)26-12-15-7-4-8-25-15/h3,5-6,9-11,15,20H,4,7-8,12H2,1-2H3,(H,19,22). The summed E-state index contributed by atoms with van der Waals surface area (Å²) in [4.78, 5) is 11.8. The van der Waals surface area contributed by atoms with Gasteiger partial charge in [0.25, 0.3) is 15.9 Å². The SMILES string of the molecule is CNC(=O)c1cc(S(=O)(=O)Nc2cccc(OCC3CCCO3)c2)cn1C. The Balaban J connectivity index is 1.72. The molecule has 8 nitrogen and oxygen atoms in total. The second-order valence-electron chi connectivity index (χ2n) is 6.33. The van der Waals surface area contributed by atoms with Crippen molar-refractivity contribution >= 4 is 21.6 Å². The number of aryl methyl sites for hydroxylation is 1. The number of hydrogen-bond acceptors (Lipinski definition) is 5. The van der Waals surface area contributed by atoms with E-state index in [1.165, 1.54) is 23.9 Å². The van der Waals surface area contributed by atoms with Gasteiger partial charge in [-0.25, -0.2) is 8.42 Å². The fourth-order valence-electron chi connectivity index (χ4n) is 2.86. The third kappa shape index (κ3) is 4.61. The lowest BCUT2D eigenvalue weighted by atomic mass is 10.2. The lowest BCUT2D eigenvalue weighted by molar-refractivity contribution is 0.0680. The van der Waals surface area contributed by atoms with Crippen LogP contribution in [-0.4, -0.2) is 45.3 Å². The summed E-state index contributed by atoms with van der Waals surface area (Å²) in [6, 6.07) is 8.07. The van der Waals surface area contributed by atoms with Gasteiger partial charge in [-0.3, -0.25) is 9.52 Å².